The van der Waals surface area contributed by atoms with Crippen molar-refractivity contribution in [1.29, 1.82) is 10.5 Å². The molecule has 9 heteroatoms. The number of rotatable bonds is 4. The van der Waals surface area contributed by atoms with Crippen LogP contribution in [0.4, 0.5) is 0 Å². The van der Waals surface area contributed by atoms with Crippen LogP contribution >= 0.6 is 11.3 Å². The summed E-state index contributed by atoms with van der Waals surface area (Å²) in [6.07, 6.45) is 2.69. The molecule has 1 aliphatic heterocycles. The molecule has 41 heavy (non-hydrogen) atoms. The molecule has 0 radical (unpaired) electrons. The summed E-state index contributed by atoms with van der Waals surface area (Å²) in [6, 6.07) is 11.7. The summed E-state index contributed by atoms with van der Waals surface area (Å²) in [4.78, 5) is 8.36. The Bertz CT molecular complexity index is 1740. The van der Waals surface area contributed by atoms with Gasteiger partial charge < -0.3 is 18.3 Å². The second-order valence-corrected chi connectivity index (χ2v) is 10.8. The molecule has 3 aromatic rings. The first-order valence-electron chi connectivity index (χ1n) is 13.0. The topological polar surface area (TPSA) is 101 Å². The van der Waals surface area contributed by atoms with Gasteiger partial charge in [-0.2, -0.15) is 0 Å². The van der Waals surface area contributed by atoms with Gasteiger partial charge in [0.25, 0.3) is 11.4 Å². The van der Waals surface area contributed by atoms with Crippen molar-refractivity contribution in [2.45, 2.75) is 39.5 Å². The lowest BCUT2D eigenvalue weighted by Gasteiger charge is -2.16. The molecule has 0 spiro atoms. The molecule has 3 aliphatic rings. The van der Waals surface area contributed by atoms with Crippen LogP contribution in [0.3, 0.4) is 0 Å². The van der Waals surface area contributed by atoms with Crippen molar-refractivity contribution in [2.24, 2.45) is 0 Å². The zero-order valence-corrected chi connectivity index (χ0v) is 23.2. The van der Waals surface area contributed by atoms with Crippen molar-refractivity contribution in [3.05, 3.63) is 92.3 Å². The highest BCUT2D eigenvalue weighted by Crippen LogP contribution is 2.55. The van der Waals surface area contributed by atoms with E-state index >= 15 is 0 Å². The molecule has 6 rings (SSSR count). The van der Waals surface area contributed by atoms with E-state index in [1.165, 1.54) is 11.3 Å². The molecule has 0 bridgehead atoms. The number of allylic oxidation sites excluding steroid dienone is 8. The third kappa shape index (κ3) is 4.25. The molecule has 0 amide bonds. The average Bonchev–Trinajstić information content (AvgIpc) is 3.81. The van der Waals surface area contributed by atoms with Crippen molar-refractivity contribution in [3.8, 4) is 44.9 Å². The van der Waals surface area contributed by atoms with Gasteiger partial charge in [0.2, 0.25) is 0 Å². The summed E-state index contributed by atoms with van der Waals surface area (Å²) >= 11 is 1.47. The van der Waals surface area contributed by atoms with E-state index in [4.69, 9.17) is 31.5 Å². The van der Waals surface area contributed by atoms with E-state index in [1.807, 2.05) is 50.3 Å². The van der Waals surface area contributed by atoms with Gasteiger partial charge in [-0.1, -0.05) is 11.1 Å². The van der Waals surface area contributed by atoms with Gasteiger partial charge in [-0.3, -0.25) is 0 Å². The minimum atomic E-state index is 0.136. The molecule has 8 nitrogen and oxygen atoms in total. The molecule has 200 valence electrons. The number of fused-ring (bicyclic) bond motifs is 1. The zero-order valence-electron chi connectivity index (χ0n) is 22.4. The fourth-order valence-corrected chi connectivity index (χ4v) is 6.77. The minimum absolute atomic E-state index is 0.136. The fraction of sp³-hybridized carbons (Fsp3) is 0.250. The van der Waals surface area contributed by atoms with Gasteiger partial charge in [0, 0.05) is 0 Å². The predicted molar refractivity (Wildman–Crippen MR) is 153 cm³/mol. The molecular weight excluding hydrogens is 536 g/mol. The van der Waals surface area contributed by atoms with Crippen molar-refractivity contribution in [2.75, 3.05) is 13.2 Å². The zero-order chi connectivity index (χ0) is 28.7. The number of furan rings is 2. The van der Waals surface area contributed by atoms with Gasteiger partial charge in [0.05, 0.1) is 25.3 Å². The van der Waals surface area contributed by atoms with E-state index in [9.17, 15) is 10.5 Å². The van der Waals surface area contributed by atoms with Crippen LogP contribution in [-0.2, 0) is 0 Å². The molecule has 0 atom stereocenters. The van der Waals surface area contributed by atoms with E-state index in [0.29, 0.717) is 73.4 Å². The SMILES string of the molecule is [C-]#[N+]/C(C#N)=C1/CCC(c2ccc(-c3sc(-c4ccc(C5=C(C)/C(=C(\C#N)[N+]#[C-])CC5)o4)c4c3OCCO4)o2)=C1C. The molecular formula is C32H22N4O4S. The van der Waals surface area contributed by atoms with Crippen molar-refractivity contribution in [1.82, 2.24) is 0 Å². The Morgan fingerprint density at radius 3 is 1.51 bits per heavy atom. The summed E-state index contributed by atoms with van der Waals surface area (Å²) < 4.78 is 24.8. The third-order valence-electron chi connectivity index (χ3n) is 7.72. The van der Waals surface area contributed by atoms with Gasteiger partial charge in [-0.25, -0.2) is 20.2 Å². The molecule has 0 saturated carbocycles. The Hall–Kier alpha value is -5.22. The largest absolute Gasteiger partial charge is 0.484 e. The third-order valence-corrected chi connectivity index (χ3v) is 8.90. The molecule has 4 heterocycles. The molecule has 2 aliphatic carbocycles. The summed E-state index contributed by atoms with van der Waals surface area (Å²) in [5.74, 6) is 3.92. The Kier molecular flexibility index (Phi) is 6.60. The first-order valence-corrected chi connectivity index (χ1v) is 13.9. The fourth-order valence-electron chi connectivity index (χ4n) is 5.66. The second-order valence-electron chi connectivity index (χ2n) is 9.75. The van der Waals surface area contributed by atoms with Gasteiger partial charge >= 0.3 is 0 Å². The second kappa shape index (κ2) is 10.4. The lowest BCUT2D eigenvalue weighted by Crippen LogP contribution is -2.14. The number of nitrogens with zero attached hydrogens (tertiary/aromatic N) is 4. The maximum atomic E-state index is 9.33. The number of nitriles is 2. The highest BCUT2D eigenvalue weighted by molar-refractivity contribution is 7.19. The Labute approximate surface area is 241 Å². The lowest BCUT2D eigenvalue weighted by molar-refractivity contribution is 0.174. The maximum absolute atomic E-state index is 9.33. The quantitative estimate of drug-likeness (QED) is 0.235. The minimum Gasteiger partial charge on any atom is -0.484 e. The number of ether oxygens (including phenoxy) is 2. The lowest BCUT2D eigenvalue weighted by atomic mass is 10.1. The summed E-state index contributed by atoms with van der Waals surface area (Å²) in [5, 5.41) is 18.7. The van der Waals surface area contributed by atoms with Crippen LogP contribution < -0.4 is 9.47 Å². The molecule has 0 aromatic carbocycles. The van der Waals surface area contributed by atoms with Crippen LogP contribution in [0, 0.1) is 35.8 Å². The van der Waals surface area contributed by atoms with Gasteiger partial charge in [0.1, 0.15) is 46.0 Å². The number of hydrogen-bond donors (Lipinski definition) is 0. The van der Waals surface area contributed by atoms with Crippen LogP contribution in [0.1, 0.15) is 51.1 Å². The number of hydrogen-bond acceptors (Lipinski definition) is 7. The Balaban J connectivity index is 1.37. The van der Waals surface area contributed by atoms with Gasteiger partial charge in [-0.15, -0.1) is 11.3 Å². The van der Waals surface area contributed by atoms with Crippen LogP contribution in [0.5, 0.6) is 11.5 Å². The summed E-state index contributed by atoms with van der Waals surface area (Å²) in [5.41, 5.74) is 5.66. The highest BCUT2D eigenvalue weighted by atomic mass is 32.1. The Morgan fingerprint density at radius 2 is 1.12 bits per heavy atom. The van der Waals surface area contributed by atoms with Crippen molar-refractivity contribution < 1.29 is 18.3 Å². The van der Waals surface area contributed by atoms with Crippen LogP contribution in [0.15, 0.2) is 66.8 Å². The molecule has 0 unspecified atom stereocenters. The summed E-state index contributed by atoms with van der Waals surface area (Å²) in [7, 11) is 0. The Morgan fingerprint density at radius 1 is 0.707 bits per heavy atom. The first-order chi connectivity index (χ1) is 20.0. The molecule has 0 saturated heterocycles. The van der Waals surface area contributed by atoms with E-state index in [1.54, 1.807) is 0 Å². The smallest absolute Gasteiger partial charge is 0.265 e. The highest BCUT2D eigenvalue weighted by Gasteiger charge is 2.31. The van der Waals surface area contributed by atoms with Crippen LogP contribution in [0.2, 0.25) is 0 Å². The first kappa shape index (κ1) is 26.0. The number of thiophene rings is 1. The maximum Gasteiger partial charge on any atom is 0.265 e. The molecule has 3 aromatic heterocycles. The van der Waals surface area contributed by atoms with E-state index in [0.717, 1.165) is 43.2 Å². The average molecular weight is 559 g/mol. The van der Waals surface area contributed by atoms with E-state index in [2.05, 4.69) is 9.69 Å². The molecule has 0 N–H and O–H groups in total. The van der Waals surface area contributed by atoms with Crippen LogP contribution in [0.25, 0.3) is 42.1 Å². The van der Waals surface area contributed by atoms with Crippen LogP contribution in [-0.4, -0.2) is 13.2 Å². The monoisotopic (exact) mass is 558 g/mol. The van der Waals surface area contributed by atoms with Gasteiger partial charge in [-0.05, 0) is 86.1 Å². The predicted octanol–water partition coefficient (Wildman–Crippen LogP) is 8.57. The standard InChI is InChI=1S/C32H22N4O4S/c1-17-19(23(15-33)35-3)5-7-21(17)25-9-11-27(39-25)31-29-30(38-14-13-37-29)32(41-31)28-12-10-26(40-28)22-8-6-20(18(22)2)24(16-34)36-4/h9-12H,5-8,13-14H2,1-2H3/b23-19-,24-20+. The molecule has 0 fully saturated rings. The van der Waals surface area contributed by atoms with Gasteiger partial charge in [0.15, 0.2) is 11.5 Å². The van der Waals surface area contributed by atoms with Crippen molar-refractivity contribution >= 4 is 22.5 Å². The van der Waals surface area contributed by atoms with Crippen molar-refractivity contribution in [3.63, 3.8) is 0 Å². The summed E-state index contributed by atoms with van der Waals surface area (Å²) in [6.45, 7) is 19.3. The van der Waals surface area contributed by atoms with E-state index < -0.39 is 0 Å². The van der Waals surface area contributed by atoms with E-state index in [-0.39, 0.29) is 11.4 Å². The normalized spacial score (nSPS) is 18.6.